The van der Waals surface area contributed by atoms with Gasteiger partial charge in [-0.15, -0.1) is 0 Å². The van der Waals surface area contributed by atoms with Crippen molar-refractivity contribution in [3.8, 4) is 0 Å². The lowest BCUT2D eigenvalue weighted by atomic mass is 10.0. The molecule has 0 unspecified atom stereocenters. The summed E-state index contributed by atoms with van der Waals surface area (Å²) in [5, 5.41) is 3.54. The zero-order valence-corrected chi connectivity index (χ0v) is 15.8. The Morgan fingerprint density at radius 1 is 1.04 bits per heavy atom. The number of nitrogens with zero attached hydrogens (tertiary/aromatic N) is 3. The second kappa shape index (κ2) is 8.60. The molecule has 0 bridgehead atoms. The highest BCUT2D eigenvalue weighted by molar-refractivity contribution is 5.42. The van der Waals surface area contributed by atoms with Crippen LogP contribution in [0.3, 0.4) is 0 Å². The van der Waals surface area contributed by atoms with Crippen LogP contribution in [0.15, 0.2) is 48.7 Å². The van der Waals surface area contributed by atoms with Crippen LogP contribution < -0.4 is 5.32 Å². The van der Waals surface area contributed by atoms with E-state index in [4.69, 9.17) is 0 Å². The molecule has 1 aromatic heterocycles. The predicted molar refractivity (Wildman–Crippen MR) is 105 cm³/mol. The van der Waals surface area contributed by atoms with Crippen LogP contribution in [-0.4, -0.2) is 59.6 Å². The molecule has 0 radical (unpaired) electrons. The van der Waals surface area contributed by atoms with Gasteiger partial charge in [0.1, 0.15) is 5.82 Å². The second-order valence-corrected chi connectivity index (χ2v) is 7.54. The third-order valence-electron chi connectivity index (χ3n) is 5.23. The molecule has 0 atom stereocenters. The van der Waals surface area contributed by atoms with Gasteiger partial charge < -0.3 is 10.2 Å². The fourth-order valence-corrected chi connectivity index (χ4v) is 3.43. The molecule has 2 heterocycles. The van der Waals surface area contributed by atoms with E-state index in [0.717, 1.165) is 45.0 Å². The van der Waals surface area contributed by atoms with E-state index in [1.54, 1.807) is 12.3 Å². The number of halogens is 1. The number of hydrogen-bond acceptors (Lipinski definition) is 4. The van der Waals surface area contributed by atoms with Gasteiger partial charge in [0.2, 0.25) is 0 Å². The van der Waals surface area contributed by atoms with Crippen molar-refractivity contribution in [3.63, 3.8) is 0 Å². The van der Waals surface area contributed by atoms with Crippen molar-refractivity contribution in [1.29, 1.82) is 0 Å². The van der Waals surface area contributed by atoms with Gasteiger partial charge in [-0.25, -0.2) is 4.39 Å². The van der Waals surface area contributed by atoms with E-state index >= 15 is 0 Å². The van der Waals surface area contributed by atoms with Gasteiger partial charge in [0.25, 0.3) is 0 Å². The van der Waals surface area contributed by atoms with E-state index < -0.39 is 0 Å². The number of rotatable bonds is 7. The quantitative estimate of drug-likeness (QED) is 0.825. The van der Waals surface area contributed by atoms with E-state index in [9.17, 15) is 4.39 Å². The van der Waals surface area contributed by atoms with Crippen LogP contribution in [-0.2, 0) is 6.42 Å². The molecule has 1 aromatic carbocycles. The maximum absolute atomic E-state index is 13.7. The SMILES string of the molecule is CC(C)(CNc1ccccc1)N1CCN(CCc2ncccc2F)CC1. The summed E-state index contributed by atoms with van der Waals surface area (Å²) in [5.74, 6) is -0.195. The number of anilines is 1. The third-order valence-corrected chi connectivity index (χ3v) is 5.23. The molecule has 0 spiro atoms. The molecule has 1 aliphatic heterocycles. The van der Waals surface area contributed by atoms with Gasteiger partial charge in [0.15, 0.2) is 0 Å². The summed E-state index contributed by atoms with van der Waals surface area (Å²) < 4.78 is 13.7. The molecular weight excluding hydrogens is 327 g/mol. The molecule has 3 rings (SSSR count). The Balaban J connectivity index is 1.44. The van der Waals surface area contributed by atoms with Crippen LogP contribution in [0.25, 0.3) is 0 Å². The summed E-state index contributed by atoms with van der Waals surface area (Å²) in [6.45, 7) is 10.5. The zero-order valence-electron chi connectivity index (χ0n) is 15.8. The van der Waals surface area contributed by atoms with Crippen LogP contribution in [0.4, 0.5) is 10.1 Å². The number of para-hydroxylation sites is 1. The number of hydrogen-bond donors (Lipinski definition) is 1. The van der Waals surface area contributed by atoms with Crippen LogP contribution >= 0.6 is 0 Å². The number of pyridine rings is 1. The minimum absolute atomic E-state index is 0.0923. The van der Waals surface area contributed by atoms with E-state index in [1.165, 1.54) is 6.07 Å². The fraction of sp³-hybridized carbons (Fsp3) is 0.476. The Kier molecular flexibility index (Phi) is 6.22. The molecular formula is C21H29FN4. The Bertz CT molecular complexity index is 681. The molecule has 0 saturated carbocycles. The number of benzene rings is 1. The van der Waals surface area contributed by atoms with Crippen molar-refractivity contribution < 1.29 is 4.39 Å². The Hall–Kier alpha value is -1.98. The monoisotopic (exact) mass is 356 g/mol. The van der Waals surface area contributed by atoms with Gasteiger partial charge in [-0.05, 0) is 38.1 Å². The standard InChI is InChI=1S/C21H29FN4/c1-21(2,17-24-18-7-4-3-5-8-18)26-15-13-25(14-16-26)12-10-20-19(22)9-6-11-23-20/h3-9,11,24H,10,12-17H2,1-2H3. The first-order chi connectivity index (χ1) is 12.5. The van der Waals surface area contributed by atoms with Crippen LogP contribution in [0.2, 0.25) is 0 Å². The molecule has 1 fully saturated rings. The van der Waals surface area contributed by atoms with Crippen LogP contribution in [0.1, 0.15) is 19.5 Å². The number of piperazine rings is 1. The highest BCUT2D eigenvalue weighted by Gasteiger charge is 2.29. The molecule has 1 aliphatic rings. The van der Waals surface area contributed by atoms with Crippen molar-refractivity contribution in [2.24, 2.45) is 0 Å². The summed E-state index contributed by atoms with van der Waals surface area (Å²) >= 11 is 0. The molecule has 26 heavy (non-hydrogen) atoms. The first-order valence-electron chi connectivity index (χ1n) is 9.40. The van der Waals surface area contributed by atoms with Gasteiger partial charge in [-0.2, -0.15) is 0 Å². The number of nitrogens with one attached hydrogen (secondary N) is 1. The Morgan fingerprint density at radius 3 is 2.46 bits per heavy atom. The normalized spacial score (nSPS) is 16.6. The molecule has 5 heteroatoms. The lowest BCUT2D eigenvalue weighted by molar-refractivity contribution is 0.0594. The molecule has 1 N–H and O–H groups in total. The zero-order chi connectivity index (χ0) is 18.4. The first-order valence-corrected chi connectivity index (χ1v) is 9.40. The predicted octanol–water partition coefficient (Wildman–Crippen LogP) is 3.27. The Labute approximate surface area is 156 Å². The summed E-state index contributed by atoms with van der Waals surface area (Å²) in [6, 6.07) is 13.5. The van der Waals surface area contributed by atoms with Crippen molar-refractivity contribution in [2.75, 3.05) is 44.6 Å². The van der Waals surface area contributed by atoms with E-state index in [2.05, 4.69) is 58.2 Å². The summed E-state index contributed by atoms with van der Waals surface area (Å²) in [6.07, 6.45) is 2.34. The maximum Gasteiger partial charge on any atom is 0.144 e. The van der Waals surface area contributed by atoms with Crippen LogP contribution in [0, 0.1) is 5.82 Å². The summed E-state index contributed by atoms with van der Waals surface area (Å²) in [7, 11) is 0. The highest BCUT2D eigenvalue weighted by atomic mass is 19.1. The van der Waals surface area contributed by atoms with Crippen molar-refractivity contribution in [2.45, 2.75) is 25.8 Å². The van der Waals surface area contributed by atoms with E-state index in [-0.39, 0.29) is 11.4 Å². The smallest absolute Gasteiger partial charge is 0.144 e. The molecule has 1 saturated heterocycles. The van der Waals surface area contributed by atoms with Crippen molar-refractivity contribution in [3.05, 3.63) is 60.2 Å². The molecule has 2 aromatic rings. The average molecular weight is 356 g/mol. The largest absolute Gasteiger partial charge is 0.383 e. The third kappa shape index (κ3) is 5.02. The first kappa shape index (κ1) is 18.8. The van der Waals surface area contributed by atoms with Gasteiger partial charge in [-0.3, -0.25) is 9.88 Å². The van der Waals surface area contributed by atoms with Crippen molar-refractivity contribution >= 4 is 5.69 Å². The minimum atomic E-state index is -0.195. The lowest BCUT2D eigenvalue weighted by Crippen LogP contribution is -2.57. The molecule has 140 valence electrons. The van der Waals surface area contributed by atoms with Crippen molar-refractivity contribution in [1.82, 2.24) is 14.8 Å². The Morgan fingerprint density at radius 2 is 1.77 bits per heavy atom. The summed E-state index contributed by atoms with van der Waals surface area (Å²) in [4.78, 5) is 9.10. The second-order valence-electron chi connectivity index (χ2n) is 7.54. The number of aromatic nitrogens is 1. The van der Waals surface area contributed by atoms with E-state index in [1.807, 2.05) is 6.07 Å². The fourth-order valence-electron chi connectivity index (χ4n) is 3.43. The molecule has 0 amide bonds. The minimum Gasteiger partial charge on any atom is -0.383 e. The van der Waals surface area contributed by atoms with Gasteiger partial charge in [0, 0.05) is 63.1 Å². The molecule has 0 aliphatic carbocycles. The van der Waals surface area contributed by atoms with E-state index in [0.29, 0.717) is 12.1 Å². The highest BCUT2D eigenvalue weighted by Crippen LogP contribution is 2.19. The topological polar surface area (TPSA) is 31.4 Å². The maximum atomic E-state index is 13.7. The lowest BCUT2D eigenvalue weighted by Gasteiger charge is -2.44. The van der Waals surface area contributed by atoms with Gasteiger partial charge >= 0.3 is 0 Å². The van der Waals surface area contributed by atoms with Gasteiger partial charge in [-0.1, -0.05) is 18.2 Å². The van der Waals surface area contributed by atoms with Gasteiger partial charge in [0.05, 0.1) is 5.69 Å². The van der Waals surface area contributed by atoms with Crippen LogP contribution in [0.5, 0.6) is 0 Å². The summed E-state index contributed by atoms with van der Waals surface area (Å²) in [5.41, 5.74) is 1.83. The average Bonchev–Trinajstić information content (AvgIpc) is 2.67. The molecule has 4 nitrogen and oxygen atoms in total.